The van der Waals surface area contributed by atoms with Gasteiger partial charge >= 0.3 is 0 Å². The van der Waals surface area contributed by atoms with Crippen molar-refractivity contribution in [2.45, 2.75) is 51.7 Å². The maximum atomic E-state index is 12.9. The molecule has 2 aromatic rings. The van der Waals surface area contributed by atoms with Gasteiger partial charge in [-0.15, -0.1) is 0 Å². The summed E-state index contributed by atoms with van der Waals surface area (Å²) in [6.45, 7) is 8.20. The van der Waals surface area contributed by atoms with E-state index in [4.69, 9.17) is 13.8 Å². The lowest BCUT2D eigenvalue weighted by Crippen LogP contribution is -2.32. The number of amides is 1. The molecule has 3 heterocycles. The van der Waals surface area contributed by atoms with Crippen LogP contribution in [0.2, 0.25) is 0 Å². The second-order valence-electron chi connectivity index (χ2n) is 7.07. The lowest BCUT2D eigenvalue weighted by atomic mass is 9.93. The molecule has 0 aromatic carbocycles. The van der Waals surface area contributed by atoms with Gasteiger partial charge in [-0.05, 0) is 6.92 Å². The van der Waals surface area contributed by atoms with Gasteiger partial charge in [0.25, 0.3) is 5.91 Å². The van der Waals surface area contributed by atoms with E-state index >= 15 is 0 Å². The standard InChI is InChI=1S/C16H22N4O4/c1-9-17-14(24-18-9)12-6-10(22-5)8-20(12)15(21)11-7-13(23-19-11)16(2,3)4/h7,10,12H,6,8H2,1-5H3/t10-,12-/m1/s1. The molecule has 130 valence electrons. The lowest BCUT2D eigenvalue weighted by Gasteiger charge is -2.20. The van der Waals surface area contributed by atoms with Gasteiger partial charge in [0.2, 0.25) is 5.89 Å². The number of nitrogens with zero attached hydrogens (tertiary/aromatic N) is 4. The zero-order chi connectivity index (χ0) is 17.5. The van der Waals surface area contributed by atoms with Crippen molar-refractivity contribution in [3.8, 4) is 0 Å². The summed E-state index contributed by atoms with van der Waals surface area (Å²) in [7, 11) is 1.63. The zero-order valence-electron chi connectivity index (χ0n) is 14.6. The molecule has 0 spiro atoms. The monoisotopic (exact) mass is 334 g/mol. The van der Waals surface area contributed by atoms with Gasteiger partial charge in [0.15, 0.2) is 11.5 Å². The lowest BCUT2D eigenvalue weighted by molar-refractivity contribution is 0.0660. The van der Waals surface area contributed by atoms with Crippen LogP contribution in [0.1, 0.15) is 61.2 Å². The Morgan fingerprint density at radius 2 is 2.08 bits per heavy atom. The quantitative estimate of drug-likeness (QED) is 0.849. The van der Waals surface area contributed by atoms with E-state index in [9.17, 15) is 4.79 Å². The fraction of sp³-hybridized carbons (Fsp3) is 0.625. The Hall–Kier alpha value is -2.22. The number of ether oxygens (including phenoxy) is 1. The van der Waals surface area contributed by atoms with Crippen LogP contribution in [-0.4, -0.2) is 45.9 Å². The summed E-state index contributed by atoms with van der Waals surface area (Å²) in [4.78, 5) is 18.8. The number of rotatable bonds is 3. The van der Waals surface area contributed by atoms with Crippen LogP contribution >= 0.6 is 0 Å². The highest BCUT2D eigenvalue weighted by Gasteiger charge is 2.41. The van der Waals surface area contributed by atoms with Gasteiger partial charge in [-0.2, -0.15) is 4.98 Å². The van der Waals surface area contributed by atoms with E-state index < -0.39 is 0 Å². The summed E-state index contributed by atoms with van der Waals surface area (Å²) < 4.78 is 16.0. The molecule has 24 heavy (non-hydrogen) atoms. The predicted molar refractivity (Wildman–Crippen MR) is 83.4 cm³/mol. The first-order valence-corrected chi connectivity index (χ1v) is 7.90. The van der Waals surface area contributed by atoms with Gasteiger partial charge in [-0.1, -0.05) is 31.1 Å². The van der Waals surface area contributed by atoms with Crippen molar-refractivity contribution in [3.63, 3.8) is 0 Å². The van der Waals surface area contributed by atoms with E-state index in [2.05, 4.69) is 15.3 Å². The number of aryl methyl sites for hydroxylation is 1. The van der Waals surface area contributed by atoms with Crippen LogP contribution in [0.15, 0.2) is 15.1 Å². The molecular weight excluding hydrogens is 312 g/mol. The number of aromatic nitrogens is 3. The Bertz CT molecular complexity index is 731. The first kappa shape index (κ1) is 16.6. The van der Waals surface area contributed by atoms with E-state index in [-0.39, 0.29) is 29.2 Å². The van der Waals surface area contributed by atoms with Crippen LogP contribution in [0.25, 0.3) is 0 Å². The summed E-state index contributed by atoms with van der Waals surface area (Å²) in [5.41, 5.74) is 0.0622. The Balaban J connectivity index is 1.87. The predicted octanol–water partition coefficient (Wildman–Crippen LogP) is 2.27. The fourth-order valence-corrected chi connectivity index (χ4v) is 2.75. The van der Waals surface area contributed by atoms with Crippen molar-refractivity contribution in [2.24, 2.45) is 0 Å². The molecule has 0 aliphatic carbocycles. The van der Waals surface area contributed by atoms with Gasteiger partial charge in [-0.3, -0.25) is 4.79 Å². The van der Waals surface area contributed by atoms with Crippen LogP contribution in [-0.2, 0) is 10.2 Å². The van der Waals surface area contributed by atoms with E-state index in [1.807, 2.05) is 20.8 Å². The minimum absolute atomic E-state index is 0.0832. The van der Waals surface area contributed by atoms with Crippen molar-refractivity contribution in [1.29, 1.82) is 0 Å². The molecule has 1 amide bonds. The highest BCUT2D eigenvalue weighted by molar-refractivity contribution is 5.92. The number of hydrogen-bond acceptors (Lipinski definition) is 7. The second-order valence-corrected chi connectivity index (χ2v) is 7.07. The maximum absolute atomic E-state index is 12.9. The van der Waals surface area contributed by atoms with E-state index in [1.165, 1.54) is 0 Å². The van der Waals surface area contributed by atoms with E-state index in [1.54, 1.807) is 25.0 Å². The minimum Gasteiger partial charge on any atom is -0.380 e. The van der Waals surface area contributed by atoms with Crippen LogP contribution in [0.5, 0.6) is 0 Å². The zero-order valence-corrected chi connectivity index (χ0v) is 14.6. The topological polar surface area (TPSA) is 94.5 Å². The van der Waals surface area contributed by atoms with Crippen LogP contribution < -0.4 is 0 Å². The molecule has 0 unspecified atom stereocenters. The van der Waals surface area contributed by atoms with Crippen molar-refractivity contribution in [3.05, 3.63) is 29.2 Å². The third-order valence-electron chi connectivity index (χ3n) is 4.15. The fourth-order valence-electron chi connectivity index (χ4n) is 2.75. The highest BCUT2D eigenvalue weighted by Crippen LogP contribution is 2.34. The molecule has 0 saturated carbocycles. The number of carbonyl (C=O) groups excluding carboxylic acids is 1. The van der Waals surface area contributed by atoms with Crippen molar-refractivity contribution >= 4 is 5.91 Å². The molecule has 8 nitrogen and oxygen atoms in total. The van der Waals surface area contributed by atoms with Gasteiger partial charge in [0.05, 0.1) is 6.10 Å². The second kappa shape index (κ2) is 6.01. The first-order valence-electron chi connectivity index (χ1n) is 7.90. The molecule has 3 rings (SSSR count). The summed E-state index contributed by atoms with van der Waals surface area (Å²) in [5.74, 6) is 1.39. The molecular formula is C16H22N4O4. The smallest absolute Gasteiger partial charge is 0.276 e. The van der Waals surface area contributed by atoms with E-state index in [0.29, 0.717) is 30.4 Å². The molecule has 0 N–H and O–H groups in total. The Kier molecular flexibility index (Phi) is 4.16. The molecule has 0 bridgehead atoms. The SMILES string of the molecule is CO[C@@H]1C[C@H](c2nc(C)no2)N(C(=O)c2cc(C(C)(C)C)on2)C1. The van der Waals surface area contributed by atoms with Crippen LogP contribution in [0, 0.1) is 6.92 Å². The summed E-state index contributed by atoms with van der Waals surface area (Å²) in [6.07, 6.45) is 0.522. The van der Waals surface area contributed by atoms with Gasteiger partial charge in [0.1, 0.15) is 11.8 Å². The average molecular weight is 334 g/mol. The summed E-state index contributed by atoms with van der Waals surface area (Å²) in [6, 6.07) is 1.37. The largest absolute Gasteiger partial charge is 0.380 e. The maximum Gasteiger partial charge on any atom is 0.276 e. The molecule has 8 heteroatoms. The third kappa shape index (κ3) is 3.06. The number of likely N-dealkylation sites (tertiary alicyclic amines) is 1. The van der Waals surface area contributed by atoms with Crippen LogP contribution in [0.3, 0.4) is 0 Å². The first-order chi connectivity index (χ1) is 11.3. The number of carbonyl (C=O) groups is 1. The molecule has 1 aliphatic heterocycles. The van der Waals surface area contributed by atoms with Crippen LogP contribution in [0.4, 0.5) is 0 Å². The summed E-state index contributed by atoms with van der Waals surface area (Å²) >= 11 is 0. The third-order valence-corrected chi connectivity index (χ3v) is 4.15. The van der Waals surface area contributed by atoms with Crippen molar-refractivity contribution < 1.29 is 18.6 Å². The van der Waals surface area contributed by atoms with Gasteiger partial charge < -0.3 is 18.7 Å². The molecule has 2 aromatic heterocycles. The molecule has 1 saturated heterocycles. The Labute approximate surface area is 140 Å². The molecule has 0 radical (unpaired) electrons. The summed E-state index contributed by atoms with van der Waals surface area (Å²) in [5, 5.41) is 7.75. The van der Waals surface area contributed by atoms with Crippen molar-refractivity contribution in [2.75, 3.05) is 13.7 Å². The molecule has 1 aliphatic rings. The van der Waals surface area contributed by atoms with Gasteiger partial charge in [-0.25, -0.2) is 0 Å². The van der Waals surface area contributed by atoms with E-state index in [0.717, 1.165) is 0 Å². The Morgan fingerprint density at radius 1 is 1.33 bits per heavy atom. The minimum atomic E-state index is -0.321. The number of hydrogen-bond donors (Lipinski definition) is 0. The molecule has 1 fully saturated rings. The number of methoxy groups -OCH3 is 1. The average Bonchev–Trinajstić information content (AvgIpc) is 3.24. The Morgan fingerprint density at radius 3 is 2.62 bits per heavy atom. The van der Waals surface area contributed by atoms with Crippen molar-refractivity contribution in [1.82, 2.24) is 20.2 Å². The normalized spacial score (nSPS) is 21.5. The highest BCUT2D eigenvalue weighted by atomic mass is 16.5. The van der Waals surface area contributed by atoms with Gasteiger partial charge in [0, 0.05) is 31.6 Å². The molecule has 2 atom stereocenters.